The maximum atomic E-state index is 13.5. The van der Waals surface area contributed by atoms with E-state index < -0.39 is 17.6 Å². The van der Waals surface area contributed by atoms with Crippen molar-refractivity contribution in [1.29, 1.82) is 0 Å². The number of aromatic amines is 1. The van der Waals surface area contributed by atoms with E-state index in [-0.39, 0.29) is 6.04 Å². The second-order valence-electron chi connectivity index (χ2n) is 8.43. The molecule has 2 aliphatic rings. The molecule has 5 rings (SSSR count). The van der Waals surface area contributed by atoms with Gasteiger partial charge in [-0.1, -0.05) is 18.2 Å². The largest absolute Gasteiger partial charge is 0.365 e. The van der Waals surface area contributed by atoms with Crippen LogP contribution in [0, 0.1) is 12.7 Å². The number of carbonyl (C=O) groups excluding carboxylic acids is 2. The summed E-state index contributed by atoms with van der Waals surface area (Å²) in [7, 11) is 0. The highest BCUT2D eigenvalue weighted by Crippen LogP contribution is 2.40. The summed E-state index contributed by atoms with van der Waals surface area (Å²) in [6.07, 6.45) is 6.40. The summed E-state index contributed by atoms with van der Waals surface area (Å²) in [5, 5.41) is 5.88. The lowest BCUT2D eigenvalue weighted by molar-refractivity contribution is -0.136. The third kappa shape index (κ3) is 3.62. The van der Waals surface area contributed by atoms with Crippen molar-refractivity contribution in [3.8, 4) is 0 Å². The van der Waals surface area contributed by atoms with Gasteiger partial charge in [0.2, 0.25) is 0 Å². The van der Waals surface area contributed by atoms with Crippen LogP contribution in [0.5, 0.6) is 0 Å². The van der Waals surface area contributed by atoms with Crippen LogP contribution in [-0.2, 0) is 9.59 Å². The first-order valence-electron chi connectivity index (χ1n) is 10.6. The Morgan fingerprint density at radius 1 is 1.16 bits per heavy atom. The van der Waals surface area contributed by atoms with E-state index in [1.54, 1.807) is 0 Å². The molecule has 2 aliphatic heterocycles. The summed E-state index contributed by atoms with van der Waals surface area (Å²) in [6, 6.07) is 10.3. The minimum atomic E-state index is -0.765. The molecule has 1 aromatic carbocycles. The number of piperidine rings is 1. The van der Waals surface area contributed by atoms with Gasteiger partial charge < -0.3 is 20.5 Å². The number of carbonyl (C=O) groups is 2. The number of hydrogen-bond donors (Lipinski definition) is 3. The van der Waals surface area contributed by atoms with Crippen LogP contribution in [0.25, 0.3) is 11.0 Å². The van der Waals surface area contributed by atoms with Crippen LogP contribution < -0.4 is 15.5 Å². The second-order valence-corrected chi connectivity index (χ2v) is 8.43. The third-order valence-electron chi connectivity index (χ3n) is 6.41. The van der Waals surface area contributed by atoms with Gasteiger partial charge in [-0.2, -0.15) is 0 Å². The fraction of sp³-hybridized carbons (Fsp3) is 0.348. The average molecular weight is 421 g/mol. The van der Waals surface area contributed by atoms with Crippen LogP contribution in [0.1, 0.15) is 31.2 Å². The summed E-state index contributed by atoms with van der Waals surface area (Å²) < 4.78 is 13.5. The summed E-state index contributed by atoms with van der Waals surface area (Å²) in [5.74, 6) is -1.95. The molecule has 31 heavy (non-hydrogen) atoms. The van der Waals surface area contributed by atoms with E-state index in [4.69, 9.17) is 0 Å². The van der Waals surface area contributed by atoms with Gasteiger partial charge in [-0.05, 0) is 50.3 Å². The minimum Gasteiger partial charge on any atom is -0.365 e. The van der Waals surface area contributed by atoms with Gasteiger partial charge in [0, 0.05) is 35.4 Å². The minimum absolute atomic E-state index is 0.0434. The molecule has 3 aromatic rings. The molecule has 2 amide bonds. The summed E-state index contributed by atoms with van der Waals surface area (Å²) in [6.45, 7) is 2.12. The number of rotatable bonds is 3. The predicted octanol–water partition coefficient (Wildman–Crippen LogP) is 3.27. The van der Waals surface area contributed by atoms with Crippen LogP contribution in [0.4, 0.5) is 15.8 Å². The van der Waals surface area contributed by atoms with E-state index in [0.717, 1.165) is 31.9 Å². The number of anilines is 2. The Kier molecular flexibility index (Phi) is 4.84. The van der Waals surface area contributed by atoms with E-state index >= 15 is 0 Å². The molecule has 0 saturated carbocycles. The number of para-hydroxylation sites is 1. The zero-order valence-electron chi connectivity index (χ0n) is 17.2. The van der Waals surface area contributed by atoms with Gasteiger partial charge in [0.25, 0.3) is 0 Å². The Balaban J connectivity index is 1.24. The van der Waals surface area contributed by atoms with Crippen LogP contribution >= 0.6 is 0 Å². The fourth-order valence-electron chi connectivity index (χ4n) is 5.05. The number of hydrogen-bond acceptors (Lipinski definition) is 4. The Hall–Kier alpha value is -3.42. The molecule has 7 nitrogen and oxygen atoms in total. The normalized spacial score (nSPS) is 22.5. The Morgan fingerprint density at radius 2 is 1.90 bits per heavy atom. The number of halogens is 1. The molecule has 2 bridgehead atoms. The molecule has 2 fully saturated rings. The fourth-order valence-corrected chi connectivity index (χ4v) is 5.05. The number of aromatic nitrogens is 2. The topological polar surface area (TPSA) is 90.1 Å². The molecule has 160 valence electrons. The lowest BCUT2D eigenvalue weighted by Gasteiger charge is -2.41. The molecule has 2 atom stereocenters. The van der Waals surface area contributed by atoms with Crippen LogP contribution in [0.2, 0.25) is 0 Å². The Morgan fingerprint density at radius 3 is 2.65 bits per heavy atom. The third-order valence-corrected chi connectivity index (χ3v) is 6.41. The first-order chi connectivity index (χ1) is 15.0. The van der Waals surface area contributed by atoms with Gasteiger partial charge in [0.1, 0.15) is 11.5 Å². The van der Waals surface area contributed by atoms with Gasteiger partial charge in [-0.15, -0.1) is 0 Å². The van der Waals surface area contributed by atoms with E-state index in [1.807, 2.05) is 6.07 Å². The zero-order chi connectivity index (χ0) is 21.5. The van der Waals surface area contributed by atoms with Gasteiger partial charge in [0.15, 0.2) is 0 Å². The van der Waals surface area contributed by atoms with E-state index in [1.165, 1.54) is 23.5 Å². The standard InChI is InChI=1S/C23H24FN5O2/c1-13-4-2-3-5-20(13)29-16-6-7-17(29)10-15(9-16)27-22(30)23(31)28-19-12-26-21-18(19)8-14(24)11-25-21/h2-5,8,11-12,15-17H,6-7,9-10H2,1H3,(H,25,26)(H,27,30)(H,28,31). The van der Waals surface area contributed by atoms with Crippen molar-refractivity contribution in [2.75, 3.05) is 10.2 Å². The van der Waals surface area contributed by atoms with Gasteiger partial charge >= 0.3 is 11.8 Å². The molecule has 2 saturated heterocycles. The molecule has 4 heterocycles. The van der Waals surface area contributed by atoms with Crippen LogP contribution in [0.3, 0.4) is 0 Å². The molecule has 0 spiro atoms. The van der Waals surface area contributed by atoms with Crippen molar-refractivity contribution < 1.29 is 14.0 Å². The number of aryl methyl sites for hydroxylation is 1. The lowest BCUT2D eigenvalue weighted by Crippen LogP contribution is -2.52. The summed E-state index contributed by atoms with van der Waals surface area (Å²) >= 11 is 0. The maximum absolute atomic E-state index is 13.5. The van der Waals surface area contributed by atoms with Gasteiger partial charge in [-0.3, -0.25) is 9.59 Å². The van der Waals surface area contributed by atoms with Crippen molar-refractivity contribution in [2.24, 2.45) is 0 Å². The van der Waals surface area contributed by atoms with Crippen LogP contribution in [-0.4, -0.2) is 39.9 Å². The first-order valence-corrected chi connectivity index (χ1v) is 10.6. The van der Waals surface area contributed by atoms with E-state index in [2.05, 4.69) is 50.6 Å². The number of nitrogens with one attached hydrogen (secondary N) is 3. The van der Waals surface area contributed by atoms with Gasteiger partial charge in [0.05, 0.1) is 11.9 Å². The number of fused-ring (bicyclic) bond motifs is 3. The van der Waals surface area contributed by atoms with Crippen molar-refractivity contribution in [3.05, 3.63) is 54.1 Å². The van der Waals surface area contributed by atoms with E-state index in [9.17, 15) is 14.0 Å². The quantitative estimate of drug-likeness (QED) is 0.566. The number of benzene rings is 1. The molecule has 0 radical (unpaired) electrons. The van der Waals surface area contributed by atoms with E-state index in [0.29, 0.717) is 28.8 Å². The zero-order valence-corrected chi connectivity index (χ0v) is 17.2. The Labute approximate surface area is 179 Å². The van der Waals surface area contributed by atoms with Gasteiger partial charge in [-0.25, -0.2) is 9.37 Å². The van der Waals surface area contributed by atoms with Crippen LogP contribution in [0.15, 0.2) is 42.7 Å². The predicted molar refractivity (Wildman–Crippen MR) is 116 cm³/mol. The smallest absolute Gasteiger partial charge is 0.313 e. The molecular weight excluding hydrogens is 397 g/mol. The highest BCUT2D eigenvalue weighted by atomic mass is 19.1. The molecule has 3 N–H and O–H groups in total. The monoisotopic (exact) mass is 421 g/mol. The maximum Gasteiger partial charge on any atom is 0.313 e. The SMILES string of the molecule is Cc1ccccc1N1C2CCC1CC(NC(=O)C(=O)Nc1c[nH]c3ncc(F)cc13)C2. The molecule has 8 heteroatoms. The first kappa shape index (κ1) is 19.5. The molecule has 2 aromatic heterocycles. The highest BCUT2D eigenvalue weighted by Gasteiger charge is 2.41. The summed E-state index contributed by atoms with van der Waals surface area (Å²) in [5.41, 5.74) is 3.29. The number of amides is 2. The number of pyridine rings is 1. The molecule has 0 aliphatic carbocycles. The highest BCUT2D eigenvalue weighted by molar-refractivity contribution is 6.40. The van der Waals surface area contributed by atoms with Crippen molar-refractivity contribution in [3.63, 3.8) is 0 Å². The Bertz CT molecular complexity index is 1150. The number of nitrogens with zero attached hydrogens (tertiary/aromatic N) is 2. The second kappa shape index (κ2) is 7.68. The van der Waals surface area contributed by atoms with Crippen molar-refractivity contribution >= 4 is 34.2 Å². The average Bonchev–Trinajstić information content (AvgIpc) is 3.25. The van der Waals surface area contributed by atoms with Crippen molar-refractivity contribution in [1.82, 2.24) is 15.3 Å². The lowest BCUT2D eigenvalue weighted by atomic mass is 9.95. The number of H-pyrrole nitrogens is 1. The van der Waals surface area contributed by atoms with Crippen molar-refractivity contribution in [2.45, 2.75) is 50.7 Å². The molecule has 2 unspecified atom stereocenters. The molecular formula is C23H24FN5O2. The summed E-state index contributed by atoms with van der Waals surface area (Å²) in [4.78, 5) is 34.3.